The minimum Gasteiger partial charge on any atom is -0.435 e. The third-order valence-electron chi connectivity index (χ3n) is 4.34. The maximum atomic E-state index is 12.5. The van der Waals surface area contributed by atoms with E-state index in [-0.39, 0.29) is 36.1 Å². The summed E-state index contributed by atoms with van der Waals surface area (Å²) in [7, 11) is 0. The Morgan fingerprint density at radius 2 is 1.92 bits per heavy atom. The number of alkyl halides is 2. The molecule has 4 nitrogen and oxygen atoms in total. The summed E-state index contributed by atoms with van der Waals surface area (Å²) in [4.78, 5) is 12.5. The van der Waals surface area contributed by atoms with Gasteiger partial charge in [-0.3, -0.25) is 4.79 Å². The molecule has 2 aromatic rings. The summed E-state index contributed by atoms with van der Waals surface area (Å²) in [6.07, 6.45) is 0.628. The first kappa shape index (κ1) is 20.1. The van der Waals surface area contributed by atoms with Crippen molar-refractivity contribution in [2.75, 3.05) is 0 Å². The van der Waals surface area contributed by atoms with Crippen molar-refractivity contribution in [2.24, 2.45) is 0 Å². The van der Waals surface area contributed by atoms with Crippen LogP contribution in [0.3, 0.4) is 0 Å². The Kier molecular flexibility index (Phi) is 6.94. The average Bonchev–Trinajstić information content (AvgIpc) is 2.61. The zero-order chi connectivity index (χ0) is 17.8. The molecule has 0 aromatic heterocycles. The van der Waals surface area contributed by atoms with E-state index in [9.17, 15) is 13.6 Å². The van der Waals surface area contributed by atoms with Gasteiger partial charge in [0.15, 0.2) is 0 Å². The lowest BCUT2D eigenvalue weighted by molar-refractivity contribution is -0.124. The molecular weight excluding hydrogens is 362 g/mol. The molecule has 7 heteroatoms. The van der Waals surface area contributed by atoms with Gasteiger partial charge in [-0.25, -0.2) is 0 Å². The number of benzene rings is 2. The monoisotopic (exact) mass is 382 g/mol. The van der Waals surface area contributed by atoms with Crippen LogP contribution in [0.2, 0.25) is 0 Å². The van der Waals surface area contributed by atoms with Crippen LogP contribution in [-0.4, -0.2) is 18.6 Å². The SMILES string of the molecule is CC(NC(=O)C1Cc2ccccc2CN1)c1cccc(OC(F)F)c1.Cl. The molecule has 1 aliphatic heterocycles. The van der Waals surface area contributed by atoms with E-state index in [1.54, 1.807) is 12.1 Å². The minimum absolute atomic E-state index is 0. The summed E-state index contributed by atoms with van der Waals surface area (Å²) in [6, 6.07) is 13.8. The number of hydrogen-bond acceptors (Lipinski definition) is 3. The van der Waals surface area contributed by atoms with Crippen LogP contribution >= 0.6 is 12.4 Å². The number of amides is 1. The number of rotatable bonds is 5. The highest BCUT2D eigenvalue weighted by atomic mass is 35.5. The van der Waals surface area contributed by atoms with Crippen LogP contribution in [0.1, 0.15) is 29.7 Å². The topological polar surface area (TPSA) is 50.4 Å². The first-order valence-corrected chi connectivity index (χ1v) is 8.18. The molecule has 2 atom stereocenters. The molecule has 0 saturated carbocycles. The van der Waals surface area contributed by atoms with E-state index < -0.39 is 6.61 Å². The molecule has 26 heavy (non-hydrogen) atoms. The Balaban J connectivity index is 0.00000243. The van der Waals surface area contributed by atoms with Crippen molar-refractivity contribution in [3.63, 3.8) is 0 Å². The number of hydrogen-bond donors (Lipinski definition) is 2. The van der Waals surface area contributed by atoms with E-state index in [2.05, 4.69) is 15.4 Å². The van der Waals surface area contributed by atoms with Gasteiger partial charge >= 0.3 is 6.61 Å². The molecular formula is C19H21ClF2N2O2. The fourth-order valence-corrected chi connectivity index (χ4v) is 3.00. The highest BCUT2D eigenvalue weighted by Gasteiger charge is 2.25. The summed E-state index contributed by atoms with van der Waals surface area (Å²) in [6.45, 7) is -0.400. The van der Waals surface area contributed by atoms with Gasteiger partial charge in [-0.15, -0.1) is 12.4 Å². The van der Waals surface area contributed by atoms with Crippen molar-refractivity contribution in [3.05, 3.63) is 65.2 Å². The van der Waals surface area contributed by atoms with Gasteiger partial charge in [-0.05, 0) is 42.2 Å². The molecule has 0 radical (unpaired) electrons. The lowest BCUT2D eigenvalue weighted by atomic mass is 9.95. The van der Waals surface area contributed by atoms with Crippen molar-refractivity contribution < 1.29 is 18.3 Å². The average molecular weight is 383 g/mol. The Bertz CT molecular complexity index is 758. The summed E-state index contributed by atoms with van der Waals surface area (Å²) >= 11 is 0. The first-order valence-electron chi connectivity index (χ1n) is 8.18. The number of halogens is 3. The predicted octanol–water partition coefficient (Wildman–Crippen LogP) is 3.60. The summed E-state index contributed by atoms with van der Waals surface area (Å²) in [5, 5.41) is 6.17. The first-order chi connectivity index (χ1) is 12.0. The second-order valence-corrected chi connectivity index (χ2v) is 6.09. The van der Waals surface area contributed by atoms with Crippen molar-refractivity contribution in [1.82, 2.24) is 10.6 Å². The molecule has 2 N–H and O–H groups in total. The lowest BCUT2D eigenvalue weighted by Gasteiger charge is -2.27. The molecule has 3 rings (SSSR count). The van der Waals surface area contributed by atoms with Gasteiger partial charge in [-0.1, -0.05) is 36.4 Å². The molecule has 2 aromatic carbocycles. The Hall–Kier alpha value is -2.18. The lowest BCUT2D eigenvalue weighted by Crippen LogP contribution is -2.48. The standard InChI is InChI=1S/C19H20F2N2O2.ClH/c1-12(13-7-4-8-16(9-13)25-19(20)21)23-18(24)17-10-14-5-2-3-6-15(14)11-22-17;/h2-9,12,17,19,22H,10-11H2,1H3,(H,23,24);1H. The summed E-state index contributed by atoms with van der Waals surface area (Å²) < 4.78 is 29.1. The normalized spacial score (nSPS) is 17.0. The summed E-state index contributed by atoms with van der Waals surface area (Å²) in [5.41, 5.74) is 3.08. The molecule has 0 aliphatic carbocycles. The second kappa shape index (κ2) is 8.96. The van der Waals surface area contributed by atoms with Crippen molar-refractivity contribution in [2.45, 2.75) is 38.6 Å². The maximum Gasteiger partial charge on any atom is 0.387 e. The van der Waals surface area contributed by atoms with Crippen LogP contribution in [0.25, 0.3) is 0 Å². The zero-order valence-corrected chi connectivity index (χ0v) is 15.1. The van der Waals surface area contributed by atoms with E-state index in [0.29, 0.717) is 18.5 Å². The molecule has 140 valence electrons. The number of fused-ring (bicyclic) bond motifs is 1. The molecule has 0 bridgehead atoms. The maximum absolute atomic E-state index is 12.5. The molecule has 0 spiro atoms. The van der Waals surface area contributed by atoms with Crippen molar-refractivity contribution >= 4 is 18.3 Å². The fourth-order valence-electron chi connectivity index (χ4n) is 3.00. The quantitative estimate of drug-likeness (QED) is 0.830. The van der Waals surface area contributed by atoms with Gasteiger partial charge in [0, 0.05) is 6.54 Å². The van der Waals surface area contributed by atoms with E-state index >= 15 is 0 Å². The van der Waals surface area contributed by atoms with Crippen LogP contribution in [0, 0.1) is 0 Å². The van der Waals surface area contributed by atoms with E-state index in [0.717, 1.165) is 0 Å². The summed E-state index contributed by atoms with van der Waals surface area (Å²) in [5.74, 6) is -0.0273. The Labute approximate surface area is 157 Å². The van der Waals surface area contributed by atoms with Crippen molar-refractivity contribution in [1.29, 1.82) is 0 Å². The smallest absolute Gasteiger partial charge is 0.387 e. The number of carbonyl (C=O) groups excluding carboxylic acids is 1. The Morgan fingerprint density at radius 3 is 2.65 bits per heavy atom. The van der Waals surface area contributed by atoms with Crippen molar-refractivity contribution in [3.8, 4) is 5.75 Å². The molecule has 1 heterocycles. The van der Waals surface area contributed by atoms with Crippen LogP contribution in [0.5, 0.6) is 5.75 Å². The second-order valence-electron chi connectivity index (χ2n) is 6.09. The fraction of sp³-hybridized carbons (Fsp3) is 0.316. The molecule has 0 saturated heterocycles. The van der Waals surface area contributed by atoms with Gasteiger partial charge < -0.3 is 15.4 Å². The molecule has 1 amide bonds. The Morgan fingerprint density at radius 1 is 1.19 bits per heavy atom. The van der Waals surface area contributed by atoms with Crippen LogP contribution in [-0.2, 0) is 17.8 Å². The van der Waals surface area contributed by atoms with Crippen LogP contribution in [0.15, 0.2) is 48.5 Å². The van der Waals surface area contributed by atoms with E-state index in [1.165, 1.54) is 23.3 Å². The van der Waals surface area contributed by atoms with Gasteiger partial charge in [-0.2, -0.15) is 8.78 Å². The zero-order valence-electron chi connectivity index (χ0n) is 14.2. The van der Waals surface area contributed by atoms with Crippen LogP contribution < -0.4 is 15.4 Å². The highest BCUT2D eigenvalue weighted by molar-refractivity contribution is 5.85. The molecule has 0 fully saturated rings. The number of ether oxygens (including phenoxy) is 1. The highest BCUT2D eigenvalue weighted by Crippen LogP contribution is 2.21. The van der Waals surface area contributed by atoms with Gasteiger partial charge in [0.2, 0.25) is 5.91 Å². The molecule has 1 aliphatic rings. The van der Waals surface area contributed by atoms with E-state index in [1.807, 2.05) is 31.2 Å². The van der Waals surface area contributed by atoms with Gasteiger partial charge in [0.25, 0.3) is 0 Å². The van der Waals surface area contributed by atoms with Gasteiger partial charge in [0.05, 0.1) is 12.1 Å². The third-order valence-corrected chi connectivity index (χ3v) is 4.34. The largest absolute Gasteiger partial charge is 0.435 e. The van der Waals surface area contributed by atoms with E-state index in [4.69, 9.17) is 0 Å². The third kappa shape index (κ3) is 4.93. The van der Waals surface area contributed by atoms with Crippen LogP contribution in [0.4, 0.5) is 8.78 Å². The van der Waals surface area contributed by atoms with Gasteiger partial charge in [0.1, 0.15) is 5.75 Å². The molecule has 2 unspecified atom stereocenters. The number of carbonyl (C=O) groups is 1. The number of nitrogens with one attached hydrogen (secondary N) is 2. The predicted molar refractivity (Wildman–Crippen MR) is 97.7 cm³/mol. The minimum atomic E-state index is -2.87.